The van der Waals surface area contributed by atoms with Crippen molar-refractivity contribution in [2.75, 3.05) is 25.5 Å². The number of methoxy groups -OCH3 is 1. The average Bonchev–Trinajstić information content (AvgIpc) is 3.36. The molecule has 0 spiro atoms. The lowest BCUT2D eigenvalue weighted by Crippen LogP contribution is -2.29. The summed E-state index contributed by atoms with van der Waals surface area (Å²) in [6.45, 7) is 1.45. The molecule has 1 aliphatic rings. The molecule has 7 nitrogen and oxygen atoms in total. The number of carbonyl (C=O) groups excluding carboxylic acids is 2. The Labute approximate surface area is 156 Å². The molecule has 27 heavy (non-hydrogen) atoms. The van der Waals surface area contributed by atoms with Gasteiger partial charge in [0.15, 0.2) is 5.69 Å². The lowest BCUT2D eigenvalue weighted by atomic mass is 10.2. The Balaban J connectivity index is 1.71. The molecule has 0 saturated carbocycles. The van der Waals surface area contributed by atoms with Crippen LogP contribution in [0, 0.1) is 0 Å². The second kappa shape index (κ2) is 7.11. The molecule has 0 bridgehead atoms. The van der Waals surface area contributed by atoms with Gasteiger partial charge in [0.25, 0.3) is 11.8 Å². The molecule has 2 aromatic heterocycles. The number of fused-ring (bicyclic) bond motifs is 1. The first-order chi connectivity index (χ1) is 13.2. The van der Waals surface area contributed by atoms with E-state index in [-0.39, 0.29) is 23.3 Å². The molecular formula is C20H20N4O3. The Morgan fingerprint density at radius 3 is 2.59 bits per heavy atom. The normalized spacial score (nSPS) is 13.7. The van der Waals surface area contributed by atoms with Gasteiger partial charge in [0.2, 0.25) is 5.82 Å². The van der Waals surface area contributed by atoms with Crippen molar-refractivity contribution in [2.45, 2.75) is 12.8 Å². The van der Waals surface area contributed by atoms with Gasteiger partial charge in [-0.2, -0.15) is 0 Å². The van der Waals surface area contributed by atoms with E-state index in [1.54, 1.807) is 40.8 Å². The molecule has 1 saturated heterocycles. The molecule has 0 radical (unpaired) electrons. The van der Waals surface area contributed by atoms with E-state index in [0.717, 1.165) is 25.9 Å². The van der Waals surface area contributed by atoms with Gasteiger partial charge in [-0.25, -0.2) is 4.98 Å². The van der Waals surface area contributed by atoms with Crippen molar-refractivity contribution < 1.29 is 14.3 Å². The fourth-order valence-electron chi connectivity index (χ4n) is 3.35. The van der Waals surface area contributed by atoms with Gasteiger partial charge in [-0.05, 0) is 37.1 Å². The molecule has 4 rings (SSSR count). The van der Waals surface area contributed by atoms with Crippen molar-refractivity contribution >= 4 is 23.0 Å². The number of para-hydroxylation sites is 2. The van der Waals surface area contributed by atoms with E-state index in [4.69, 9.17) is 4.74 Å². The third kappa shape index (κ3) is 3.12. The maximum absolute atomic E-state index is 12.9. The number of amides is 2. The SMILES string of the molecule is COc1ccccc1NC(=O)c1nc(C(=O)N2CCCC2)n2ccccc12. The summed E-state index contributed by atoms with van der Waals surface area (Å²) in [5.41, 5.74) is 1.35. The van der Waals surface area contributed by atoms with Gasteiger partial charge in [0, 0.05) is 19.3 Å². The Bertz CT molecular complexity index is 1010. The minimum atomic E-state index is -0.385. The standard InChI is InChI=1S/C20H20N4O3/c1-27-16-10-3-2-8-14(16)21-19(25)17-15-9-4-5-13-24(15)18(22-17)20(26)23-11-6-7-12-23/h2-5,8-10,13H,6-7,11-12H2,1H3,(H,21,25). The van der Waals surface area contributed by atoms with E-state index in [2.05, 4.69) is 10.3 Å². The van der Waals surface area contributed by atoms with Crippen LogP contribution in [0.25, 0.3) is 5.52 Å². The van der Waals surface area contributed by atoms with Crippen molar-refractivity contribution in [3.8, 4) is 5.75 Å². The summed E-state index contributed by atoms with van der Waals surface area (Å²) >= 11 is 0. The predicted octanol–water partition coefficient (Wildman–Crippen LogP) is 2.83. The summed E-state index contributed by atoms with van der Waals surface area (Å²) in [5.74, 6) is 0.286. The highest BCUT2D eigenvalue weighted by Crippen LogP contribution is 2.25. The summed E-state index contributed by atoms with van der Waals surface area (Å²) in [6.07, 6.45) is 3.75. The van der Waals surface area contributed by atoms with Crippen LogP contribution in [-0.2, 0) is 0 Å². The number of imidazole rings is 1. The van der Waals surface area contributed by atoms with Crippen LogP contribution in [0.4, 0.5) is 5.69 Å². The van der Waals surface area contributed by atoms with Gasteiger partial charge in [-0.3, -0.25) is 14.0 Å². The number of hydrogen-bond donors (Lipinski definition) is 1. The molecule has 2 amide bonds. The molecule has 1 aromatic carbocycles. The Hall–Kier alpha value is -3.35. The minimum Gasteiger partial charge on any atom is -0.495 e. The van der Waals surface area contributed by atoms with Crippen LogP contribution in [0.3, 0.4) is 0 Å². The predicted molar refractivity (Wildman–Crippen MR) is 101 cm³/mol. The van der Waals surface area contributed by atoms with Crippen molar-refractivity contribution in [1.29, 1.82) is 0 Å². The number of anilines is 1. The largest absolute Gasteiger partial charge is 0.495 e. The fourth-order valence-corrected chi connectivity index (χ4v) is 3.35. The van der Waals surface area contributed by atoms with Crippen molar-refractivity contribution in [3.63, 3.8) is 0 Å². The third-order valence-corrected chi connectivity index (χ3v) is 4.70. The second-order valence-corrected chi connectivity index (χ2v) is 6.39. The zero-order valence-electron chi connectivity index (χ0n) is 15.0. The minimum absolute atomic E-state index is 0.148. The van der Waals surface area contributed by atoms with Crippen molar-refractivity contribution in [3.05, 3.63) is 60.2 Å². The molecule has 1 fully saturated rings. The first-order valence-corrected chi connectivity index (χ1v) is 8.90. The molecule has 3 heterocycles. The van der Waals surface area contributed by atoms with E-state index < -0.39 is 0 Å². The van der Waals surface area contributed by atoms with Gasteiger partial charge >= 0.3 is 0 Å². The summed E-state index contributed by atoms with van der Waals surface area (Å²) in [7, 11) is 1.55. The van der Waals surface area contributed by atoms with E-state index in [9.17, 15) is 9.59 Å². The zero-order chi connectivity index (χ0) is 18.8. The second-order valence-electron chi connectivity index (χ2n) is 6.39. The molecule has 1 N–H and O–H groups in total. The number of rotatable bonds is 4. The number of likely N-dealkylation sites (tertiary alicyclic amines) is 1. The molecule has 0 atom stereocenters. The smallest absolute Gasteiger partial charge is 0.290 e. The number of carbonyl (C=O) groups is 2. The first-order valence-electron chi connectivity index (χ1n) is 8.90. The maximum atomic E-state index is 12.9. The monoisotopic (exact) mass is 364 g/mol. The highest BCUT2D eigenvalue weighted by Gasteiger charge is 2.27. The van der Waals surface area contributed by atoms with Crippen molar-refractivity contribution in [2.24, 2.45) is 0 Å². The van der Waals surface area contributed by atoms with Crippen LogP contribution in [-0.4, -0.2) is 46.3 Å². The first kappa shape index (κ1) is 17.1. The number of ether oxygens (including phenoxy) is 1. The lowest BCUT2D eigenvalue weighted by molar-refractivity contribution is 0.0780. The summed E-state index contributed by atoms with van der Waals surface area (Å²) in [5, 5.41) is 2.83. The van der Waals surface area contributed by atoms with Gasteiger partial charge in [-0.1, -0.05) is 18.2 Å². The van der Waals surface area contributed by atoms with Crippen molar-refractivity contribution in [1.82, 2.24) is 14.3 Å². The summed E-state index contributed by atoms with van der Waals surface area (Å²) < 4.78 is 6.96. The van der Waals surface area contributed by atoms with Crippen LogP contribution in [0.15, 0.2) is 48.7 Å². The Morgan fingerprint density at radius 1 is 1.07 bits per heavy atom. The van der Waals surface area contributed by atoms with Crippen LogP contribution in [0.2, 0.25) is 0 Å². The topological polar surface area (TPSA) is 75.9 Å². The molecule has 1 aliphatic heterocycles. The average molecular weight is 364 g/mol. The molecule has 138 valence electrons. The summed E-state index contributed by atoms with van der Waals surface area (Å²) in [4.78, 5) is 31.9. The zero-order valence-corrected chi connectivity index (χ0v) is 15.0. The molecule has 3 aromatic rings. The highest BCUT2D eigenvalue weighted by atomic mass is 16.5. The van der Waals surface area contributed by atoms with E-state index in [0.29, 0.717) is 17.0 Å². The molecule has 0 aliphatic carbocycles. The number of benzene rings is 1. The molecule has 0 unspecified atom stereocenters. The third-order valence-electron chi connectivity index (χ3n) is 4.70. The Morgan fingerprint density at radius 2 is 1.81 bits per heavy atom. The number of nitrogens with one attached hydrogen (secondary N) is 1. The van der Waals surface area contributed by atoms with Crippen LogP contribution < -0.4 is 10.1 Å². The van der Waals surface area contributed by atoms with Gasteiger partial charge in [-0.15, -0.1) is 0 Å². The van der Waals surface area contributed by atoms with E-state index in [1.165, 1.54) is 0 Å². The molecular weight excluding hydrogens is 344 g/mol. The van der Waals surface area contributed by atoms with Crippen LogP contribution in [0.5, 0.6) is 5.75 Å². The van der Waals surface area contributed by atoms with Gasteiger partial charge in [0.1, 0.15) is 5.75 Å². The van der Waals surface area contributed by atoms with Gasteiger partial charge in [0.05, 0.1) is 18.3 Å². The van der Waals surface area contributed by atoms with Crippen LogP contribution in [0.1, 0.15) is 33.9 Å². The maximum Gasteiger partial charge on any atom is 0.290 e. The Kier molecular flexibility index (Phi) is 4.50. The molecule has 7 heteroatoms. The number of hydrogen-bond acceptors (Lipinski definition) is 4. The van der Waals surface area contributed by atoms with E-state index >= 15 is 0 Å². The number of aromatic nitrogens is 2. The highest BCUT2D eigenvalue weighted by molar-refractivity contribution is 6.09. The van der Waals surface area contributed by atoms with E-state index in [1.807, 2.05) is 24.3 Å². The lowest BCUT2D eigenvalue weighted by Gasteiger charge is -2.13. The quantitative estimate of drug-likeness (QED) is 0.772. The number of pyridine rings is 1. The summed E-state index contributed by atoms with van der Waals surface area (Å²) in [6, 6.07) is 12.6. The number of nitrogens with zero attached hydrogens (tertiary/aromatic N) is 3. The van der Waals surface area contributed by atoms with Gasteiger partial charge < -0.3 is 15.0 Å². The van der Waals surface area contributed by atoms with Crippen LogP contribution >= 0.6 is 0 Å². The fraction of sp³-hybridized carbons (Fsp3) is 0.250.